The number of hydrogen-bond acceptors (Lipinski definition) is 4. The van der Waals surface area contributed by atoms with Gasteiger partial charge in [-0.15, -0.1) is 0 Å². The third-order valence-corrected chi connectivity index (χ3v) is 2.99. The fourth-order valence-corrected chi connectivity index (χ4v) is 1.96. The summed E-state index contributed by atoms with van der Waals surface area (Å²) in [5.41, 5.74) is 2.30. The second-order valence-electron chi connectivity index (χ2n) is 4.55. The summed E-state index contributed by atoms with van der Waals surface area (Å²) in [5, 5.41) is 3.29. The van der Waals surface area contributed by atoms with Gasteiger partial charge >= 0.3 is 0 Å². The number of nitrogens with zero attached hydrogens (tertiary/aromatic N) is 1. The molecule has 1 aliphatic rings. The van der Waals surface area contributed by atoms with Crippen LogP contribution in [0.1, 0.15) is 11.1 Å². The summed E-state index contributed by atoms with van der Waals surface area (Å²) in [6, 6.07) is 10.0. The van der Waals surface area contributed by atoms with Crippen molar-refractivity contribution in [3.05, 3.63) is 47.7 Å². The van der Waals surface area contributed by atoms with Crippen LogP contribution in [0.15, 0.2) is 36.5 Å². The van der Waals surface area contributed by atoms with Crippen LogP contribution < -0.4 is 14.8 Å². The Morgan fingerprint density at radius 2 is 1.95 bits per heavy atom. The fourth-order valence-electron chi connectivity index (χ4n) is 1.96. The van der Waals surface area contributed by atoms with Crippen LogP contribution in [0.5, 0.6) is 11.5 Å². The summed E-state index contributed by atoms with van der Waals surface area (Å²) in [4.78, 5) is 4.31. The molecule has 0 bridgehead atoms. The van der Waals surface area contributed by atoms with Crippen LogP contribution in [0.3, 0.4) is 0 Å². The molecule has 0 spiro atoms. The van der Waals surface area contributed by atoms with E-state index in [1.165, 1.54) is 0 Å². The summed E-state index contributed by atoms with van der Waals surface area (Å²) < 4.78 is 11.1. The number of aromatic nitrogens is 1. The van der Waals surface area contributed by atoms with E-state index in [4.69, 9.17) is 9.47 Å². The average molecular weight is 256 g/mol. The van der Waals surface area contributed by atoms with Crippen LogP contribution in [0.25, 0.3) is 0 Å². The summed E-state index contributed by atoms with van der Waals surface area (Å²) >= 11 is 0. The quantitative estimate of drug-likeness (QED) is 0.917. The van der Waals surface area contributed by atoms with Gasteiger partial charge in [-0.25, -0.2) is 4.98 Å². The Hall–Kier alpha value is -2.23. The summed E-state index contributed by atoms with van der Waals surface area (Å²) in [7, 11) is 0. The SMILES string of the molecule is Cc1ccc(NCc2ccc3c(c2)OCCO3)nc1. The lowest BCUT2D eigenvalue weighted by molar-refractivity contribution is 0.171. The number of pyridine rings is 1. The molecule has 0 amide bonds. The van der Waals surface area contributed by atoms with Crippen LogP contribution in [0.4, 0.5) is 5.82 Å². The van der Waals surface area contributed by atoms with Crippen molar-refractivity contribution in [3.8, 4) is 11.5 Å². The first-order chi connectivity index (χ1) is 9.31. The lowest BCUT2D eigenvalue weighted by Crippen LogP contribution is -2.15. The van der Waals surface area contributed by atoms with Gasteiger partial charge in [-0.2, -0.15) is 0 Å². The van der Waals surface area contributed by atoms with Crippen LogP contribution in [0, 0.1) is 6.92 Å². The molecule has 0 saturated heterocycles. The Balaban J connectivity index is 1.68. The highest BCUT2D eigenvalue weighted by atomic mass is 16.6. The normalized spacial score (nSPS) is 13.1. The molecule has 0 aliphatic carbocycles. The van der Waals surface area contributed by atoms with Crippen molar-refractivity contribution in [1.82, 2.24) is 4.98 Å². The smallest absolute Gasteiger partial charge is 0.161 e. The molecule has 0 unspecified atom stereocenters. The monoisotopic (exact) mass is 256 g/mol. The van der Waals surface area contributed by atoms with E-state index in [1.54, 1.807) is 0 Å². The summed E-state index contributed by atoms with van der Waals surface area (Å²) in [6.07, 6.45) is 1.85. The maximum absolute atomic E-state index is 5.56. The fraction of sp³-hybridized carbons (Fsp3) is 0.267. The Labute approximate surface area is 112 Å². The zero-order valence-corrected chi connectivity index (χ0v) is 10.8. The lowest BCUT2D eigenvalue weighted by Gasteiger charge is -2.19. The van der Waals surface area contributed by atoms with E-state index in [1.807, 2.05) is 43.5 Å². The average Bonchev–Trinajstić information content (AvgIpc) is 2.46. The molecule has 0 atom stereocenters. The molecule has 4 heteroatoms. The predicted molar refractivity (Wildman–Crippen MR) is 73.7 cm³/mol. The minimum atomic E-state index is 0.614. The molecular weight excluding hydrogens is 240 g/mol. The number of fused-ring (bicyclic) bond motifs is 1. The van der Waals surface area contributed by atoms with Crippen LogP contribution >= 0.6 is 0 Å². The molecule has 2 heterocycles. The standard InChI is InChI=1S/C15H16N2O2/c1-11-2-5-15(16-9-11)17-10-12-3-4-13-14(8-12)19-7-6-18-13/h2-5,8-9H,6-7,10H2,1H3,(H,16,17). The van der Waals surface area contributed by atoms with Crippen molar-refractivity contribution in [2.45, 2.75) is 13.5 Å². The van der Waals surface area contributed by atoms with Gasteiger partial charge < -0.3 is 14.8 Å². The Morgan fingerprint density at radius 1 is 1.11 bits per heavy atom. The lowest BCUT2D eigenvalue weighted by atomic mass is 10.2. The van der Waals surface area contributed by atoms with Crippen molar-refractivity contribution in [1.29, 1.82) is 0 Å². The van der Waals surface area contributed by atoms with Crippen LogP contribution in [0.2, 0.25) is 0 Å². The van der Waals surface area contributed by atoms with Crippen molar-refractivity contribution < 1.29 is 9.47 Å². The molecule has 3 rings (SSSR count). The largest absolute Gasteiger partial charge is 0.486 e. The van der Waals surface area contributed by atoms with Gasteiger partial charge in [0.2, 0.25) is 0 Å². The number of anilines is 1. The number of ether oxygens (including phenoxy) is 2. The van der Waals surface area contributed by atoms with E-state index >= 15 is 0 Å². The van der Waals surface area contributed by atoms with E-state index < -0.39 is 0 Å². The second-order valence-corrected chi connectivity index (χ2v) is 4.55. The topological polar surface area (TPSA) is 43.4 Å². The number of benzene rings is 1. The predicted octanol–water partition coefficient (Wildman–Crippen LogP) is 2.77. The van der Waals surface area contributed by atoms with Gasteiger partial charge in [-0.3, -0.25) is 0 Å². The molecule has 0 fully saturated rings. The molecular formula is C15H16N2O2. The van der Waals surface area contributed by atoms with Gasteiger partial charge in [0.15, 0.2) is 11.5 Å². The molecule has 1 aliphatic heterocycles. The van der Waals surface area contributed by atoms with Gasteiger partial charge in [0.25, 0.3) is 0 Å². The number of rotatable bonds is 3. The molecule has 1 aromatic carbocycles. The van der Waals surface area contributed by atoms with Gasteiger partial charge in [0.1, 0.15) is 19.0 Å². The zero-order chi connectivity index (χ0) is 13.1. The minimum absolute atomic E-state index is 0.614. The molecule has 19 heavy (non-hydrogen) atoms. The van der Waals surface area contributed by atoms with Gasteiger partial charge in [0, 0.05) is 12.7 Å². The zero-order valence-electron chi connectivity index (χ0n) is 10.8. The van der Waals surface area contributed by atoms with E-state index in [0.29, 0.717) is 19.8 Å². The number of hydrogen-bond donors (Lipinski definition) is 1. The Morgan fingerprint density at radius 3 is 2.74 bits per heavy atom. The molecule has 0 saturated carbocycles. The molecule has 1 aromatic heterocycles. The molecule has 2 aromatic rings. The first-order valence-electron chi connectivity index (χ1n) is 6.36. The second kappa shape index (κ2) is 5.18. The number of nitrogens with one attached hydrogen (secondary N) is 1. The van der Waals surface area contributed by atoms with Crippen molar-refractivity contribution in [2.75, 3.05) is 18.5 Å². The van der Waals surface area contributed by atoms with Crippen molar-refractivity contribution in [2.24, 2.45) is 0 Å². The van der Waals surface area contributed by atoms with Crippen molar-refractivity contribution in [3.63, 3.8) is 0 Å². The Kier molecular flexibility index (Phi) is 3.23. The van der Waals surface area contributed by atoms with E-state index in [-0.39, 0.29) is 0 Å². The molecule has 0 radical (unpaired) electrons. The van der Waals surface area contributed by atoms with Crippen LogP contribution in [-0.2, 0) is 6.54 Å². The highest BCUT2D eigenvalue weighted by molar-refractivity contribution is 5.45. The van der Waals surface area contributed by atoms with E-state index in [2.05, 4.69) is 10.3 Å². The van der Waals surface area contributed by atoms with Crippen molar-refractivity contribution >= 4 is 5.82 Å². The highest BCUT2D eigenvalue weighted by Gasteiger charge is 2.11. The third kappa shape index (κ3) is 2.78. The molecule has 4 nitrogen and oxygen atoms in total. The summed E-state index contributed by atoms with van der Waals surface area (Å²) in [6.45, 7) is 3.98. The van der Waals surface area contributed by atoms with Gasteiger partial charge in [-0.1, -0.05) is 12.1 Å². The first kappa shape index (κ1) is 11.8. The minimum Gasteiger partial charge on any atom is -0.486 e. The maximum Gasteiger partial charge on any atom is 0.161 e. The van der Waals surface area contributed by atoms with Crippen LogP contribution in [-0.4, -0.2) is 18.2 Å². The number of aryl methyl sites for hydroxylation is 1. The van der Waals surface area contributed by atoms with Gasteiger partial charge in [0.05, 0.1) is 0 Å². The first-order valence-corrected chi connectivity index (χ1v) is 6.36. The van der Waals surface area contributed by atoms with E-state index in [9.17, 15) is 0 Å². The highest BCUT2D eigenvalue weighted by Crippen LogP contribution is 2.30. The summed E-state index contributed by atoms with van der Waals surface area (Å²) in [5.74, 6) is 2.52. The third-order valence-electron chi connectivity index (χ3n) is 2.99. The van der Waals surface area contributed by atoms with Gasteiger partial charge in [-0.05, 0) is 36.2 Å². The van der Waals surface area contributed by atoms with E-state index in [0.717, 1.165) is 28.4 Å². The molecule has 1 N–H and O–H groups in total. The molecule has 98 valence electrons. The maximum atomic E-state index is 5.56. The Bertz CT molecular complexity index is 567.